The van der Waals surface area contributed by atoms with Crippen LogP contribution in [0.15, 0.2) is 30.7 Å². The molecule has 0 atom stereocenters. The minimum Gasteiger partial charge on any atom is -0.459 e. The van der Waals surface area contributed by atoms with Crippen molar-refractivity contribution in [2.24, 2.45) is 0 Å². The second kappa shape index (κ2) is 6.39. The van der Waals surface area contributed by atoms with Gasteiger partial charge in [-0.3, -0.25) is 4.79 Å². The average Bonchev–Trinajstić information content (AvgIpc) is 2.96. The number of H-pyrrole nitrogens is 1. The van der Waals surface area contributed by atoms with Gasteiger partial charge in [0, 0.05) is 29.8 Å². The number of carbonyl (C=O) groups is 1. The number of hydrogen-bond donors (Lipinski definition) is 3. The Bertz CT molecular complexity index is 913. The van der Waals surface area contributed by atoms with Crippen LogP contribution < -0.4 is 11.1 Å². The fraction of sp³-hybridized carbons (Fsp3) is 0.294. The van der Waals surface area contributed by atoms with Crippen molar-refractivity contribution in [3.63, 3.8) is 0 Å². The van der Waals surface area contributed by atoms with Gasteiger partial charge in [-0.15, -0.1) is 0 Å². The molecule has 0 saturated heterocycles. The van der Waals surface area contributed by atoms with Crippen molar-refractivity contribution in [1.82, 2.24) is 19.9 Å². The molecular weight excluding hydrogens is 320 g/mol. The highest BCUT2D eigenvalue weighted by Gasteiger charge is 2.17. The third kappa shape index (κ3) is 3.85. The predicted molar refractivity (Wildman–Crippen MR) is 95.9 cm³/mol. The Morgan fingerprint density at radius 1 is 1.28 bits per heavy atom. The van der Waals surface area contributed by atoms with Crippen LogP contribution in [0.25, 0.3) is 22.3 Å². The van der Waals surface area contributed by atoms with Gasteiger partial charge in [0.25, 0.3) is 0 Å². The van der Waals surface area contributed by atoms with E-state index in [1.807, 2.05) is 20.8 Å². The minimum absolute atomic E-state index is 0.0485. The highest BCUT2D eigenvalue weighted by molar-refractivity contribution is 6.02. The number of nitrogen functional groups attached to an aromatic ring is 1. The van der Waals surface area contributed by atoms with Crippen LogP contribution in [-0.2, 0) is 9.53 Å². The van der Waals surface area contributed by atoms with E-state index in [9.17, 15) is 4.79 Å². The lowest BCUT2D eigenvalue weighted by Crippen LogP contribution is -2.28. The van der Waals surface area contributed by atoms with Crippen LogP contribution in [0.2, 0.25) is 0 Å². The van der Waals surface area contributed by atoms with Gasteiger partial charge in [0.15, 0.2) is 0 Å². The summed E-state index contributed by atoms with van der Waals surface area (Å²) in [6.45, 7) is 5.55. The first kappa shape index (κ1) is 16.7. The molecule has 0 unspecified atom stereocenters. The average molecular weight is 340 g/mol. The summed E-state index contributed by atoms with van der Waals surface area (Å²) in [7, 11) is 0. The van der Waals surface area contributed by atoms with E-state index in [1.54, 1.807) is 30.7 Å². The van der Waals surface area contributed by atoms with E-state index in [2.05, 4.69) is 25.3 Å². The monoisotopic (exact) mass is 340 g/mol. The van der Waals surface area contributed by atoms with Crippen LogP contribution in [0.3, 0.4) is 0 Å². The molecule has 0 aromatic carbocycles. The van der Waals surface area contributed by atoms with E-state index in [1.165, 1.54) is 0 Å². The highest BCUT2D eigenvalue weighted by atomic mass is 16.6. The van der Waals surface area contributed by atoms with E-state index in [0.717, 1.165) is 16.6 Å². The zero-order valence-corrected chi connectivity index (χ0v) is 14.3. The van der Waals surface area contributed by atoms with Crippen molar-refractivity contribution in [2.75, 3.05) is 17.6 Å². The maximum absolute atomic E-state index is 12.0. The highest BCUT2D eigenvalue weighted by Crippen LogP contribution is 2.32. The SMILES string of the molecule is CC(C)(C)OC(=O)CNc1ccnc2[nH]cc(-c3ccnc(N)n3)c12. The molecule has 0 amide bonds. The van der Waals surface area contributed by atoms with Gasteiger partial charge in [0.05, 0.1) is 11.1 Å². The smallest absolute Gasteiger partial charge is 0.325 e. The summed E-state index contributed by atoms with van der Waals surface area (Å²) < 4.78 is 5.32. The van der Waals surface area contributed by atoms with Gasteiger partial charge in [-0.1, -0.05) is 0 Å². The second-order valence-electron chi connectivity index (χ2n) is 6.52. The number of nitrogens with zero attached hydrogens (tertiary/aromatic N) is 3. The Labute approximate surface area is 144 Å². The molecule has 3 aromatic heterocycles. The summed E-state index contributed by atoms with van der Waals surface area (Å²) in [5.74, 6) is -0.139. The Balaban J connectivity index is 1.91. The Morgan fingerprint density at radius 2 is 2.04 bits per heavy atom. The normalized spacial score (nSPS) is 11.5. The van der Waals surface area contributed by atoms with E-state index >= 15 is 0 Å². The first-order valence-corrected chi connectivity index (χ1v) is 7.84. The summed E-state index contributed by atoms with van der Waals surface area (Å²) in [6, 6.07) is 3.57. The van der Waals surface area contributed by atoms with E-state index < -0.39 is 5.60 Å². The number of nitrogens with two attached hydrogens (primary N) is 1. The van der Waals surface area contributed by atoms with Crippen molar-refractivity contribution >= 4 is 28.6 Å². The number of anilines is 2. The maximum Gasteiger partial charge on any atom is 0.325 e. The maximum atomic E-state index is 12.0. The number of hydrogen-bond acceptors (Lipinski definition) is 7. The lowest BCUT2D eigenvalue weighted by atomic mass is 10.1. The number of carbonyl (C=O) groups excluding carboxylic acids is 1. The number of ether oxygens (including phenoxy) is 1. The molecule has 0 radical (unpaired) electrons. The molecule has 8 heteroatoms. The van der Waals surface area contributed by atoms with Crippen LogP contribution in [0.5, 0.6) is 0 Å². The number of nitrogens with one attached hydrogen (secondary N) is 2. The van der Waals surface area contributed by atoms with Gasteiger partial charge in [-0.2, -0.15) is 0 Å². The first-order chi connectivity index (χ1) is 11.8. The quantitative estimate of drug-likeness (QED) is 0.624. The van der Waals surface area contributed by atoms with Crippen LogP contribution >= 0.6 is 0 Å². The lowest BCUT2D eigenvalue weighted by Gasteiger charge is -2.20. The number of rotatable bonds is 4. The largest absolute Gasteiger partial charge is 0.459 e. The molecule has 4 N–H and O–H groups in total. The molecule has 3 rings (SSSR count). The third-order valence-electron chi connectivity index (χ3n) is 3.37. The van der Waals surface area contributed by atoms with Crippen LogP contribution in [0, 0.1) is 0 Å². The first-order valence-electron chi connectivity index (χ1n) is 7.84. The van der Waals surface area contributed by atoms with E-state index in [0.29, 0.717) is 11.3 Å². The third-order valence-corrected chi connectivity index (χ3v) is 3.37. The van der Waals surface area contributed by atoms with Gasteiger partial charge in [0.2, 0.25) is 5.95 Å². The van der Waals surface area contributed by atoms with Crippen molar-refractivity contribution < 1.29 is 9.53 Å². The topological polar surface area (TPSA) is 119 Å². The molecule has 0 fully saturated rings. The van der Waals surface area contributed by atoms with Gasteiger partial charge >= 0.3 is 5.97 Å². The minimum atomic E-state index is -0.524. The van der Waals surface area contributed by atoms with Crippen molar-refractivity contribution in [3.8, 4) is 11.3 Å². The van der Waals surface area contributed by atoms with E-state index in [4.69, 9.17) is 10.5 Å². The number of aromatic amines is 1. The summed E-state index contributed by atoms with van der Waals surface area (Å²) in [5, 5.41) is 3.93. The van der Waals surface area contributed by atoms with Crippen molar-refractivity contribution in [3.05, 3.63) is 30.7 Å². The summed E-state index contributed by atoms with van der Waals surface area (Å²) in [4.78, 5) is 27.5. The molecule has 0 aliphatic carbocycles. The van der Waals surface area contributed by atoms with Crippen LogP contribution in [0.1, 0.15) is 20.8 Å². The molecule has 130 valence electrons. The van der Waals surface area contributed by atoms with Gasteiger partial charge in [-0.25, -0.2) is 15.0 Å². The molecule has 0 aliphatic heterocycles. The van der Waals surface area contributed by atoms with Crippen molar-refractivity contribution in [1.29, 1.82) is 0 Å². The molecule has 0 bridgehead atoms. The molecule has 8 nitrogen and oxygen atoms in total. The Kier molecular flexibility index (Phi) is 4.26. The standard InChI is InChI=1S/C17H20N6O2/c1-17(2,3)25-13(24)9-21-12-5-6-19-15-14(12)10(8-22-15)11-4-7-20-16(18)23-11/h4-8H,9H2,1-3H3,(H2,18,20,23)(H2,19,21,22). The van der Waals surface area contributed by atoms with Crippen LogP contribution in [-0.4, -0.2) is 38.1 Å². The zero-order valence-electron chi connectivity index (χ0n) is 14.3. The Hall–Kier alpha value is -3.16. The summed E-state index contributed by atoms with van der Waals surface area (Å²) >= 11 is 0. The fourth-order valence-corrected chi connectivity index (χ4v) is 2.47. The number of aromatic nitrogens is 4. The molecule has 3 aromatic rings. The molecule has 25 heavy (non-hydrogen) atoms. The molecule has 0 spiro atoms. The summed E-state index contributed by atoms with van der Waals surface area (Å²) in [6.07, 6.45) is 5.06. The molecular formula is C17H20N6O2. The Morgan fingerprint density at radius 3 is 2.76 bits per heavy atom. The zero-order chi connectivity index (χ0) is 18.0. The van der Waals surface area contributed by atoms with E-state index in [-0.39, 0.29) is 18.5 Å². The molecule has 0 saturated carbocycles. The number of fused-ring (bicyclic) bond motifs is 1. The second-order valence-corrected chi connectivity index (χ2v) is 6.52. The molecule has 0 aliphatic rings. The molecule has 3 heterocycles. The summed E-state index contributed by atoms with van der Waals surface area (Å²) in [5.41, 5.74) is 8.09. The lowest BCUT2D eigenvalue weighted by molar-refractivity contribution is -0.152. The van der Waals surface area contributed by atoms with Gasteiger partial charge in [-0.05, 0) is 32.9 Å². The number of esters is 1. The van der Waals surface area contributed by atoms with Crippen molar-refractivity contribution in [2.45, 2.75) is 26.4 Å². The van der Waals surface area contributed by atoms with Gasteiger partial charge < -0.3 is 20.8 Å². The van der Waals surface area contributed by atoms with Crippen LogP contribution in [0.4, 0.5) is 11.6 Å². The predicted octanol–water partition coefficient (Wildman–Crippen LogP) is 2.36. The number of pyridine rings is 1. The van der Waals surface area contributed by atoms with Gasteiger partial charge in [0.1, 0.15) is 17.8 Å². The fourth-order valence-electron chi connectivity index (χ4n) is 2.47.